The first-order chi connectivity index (χ1) is 7.66. The highest BCUT2D eigenvalue weighted by Crippen LogP contribution is 2.26. The topological polar surface area (TPSA) is 33.1 Å². The van der Waals surface area contributed by atoms with Gasteiger partial charge in [0, 0.05) is 39.1 Å². The van der Waals surface area contributed by atoms with Crippen molar-refractivity contribution in [3.8, 4) is 0 Å². The molecule has 0 saturated carbocycles. The van der Waals surface area contributed by atoms with Crippen molar-refractivity contribution in [3.05, 3.63) is 50.4 Å². The molecule has 0 aromatic carbocycles. The maximum Gasteiger partial charge on any atom is 0.0855 e. The van der Waals surface area contributed by atoms with E-state index in [2.05, 4.69) is 20.9 Å². The van der Waals surface area contributed by atoms with Gasteiger partial charge < -0.3 is 5.11 Å². The standard InChI is InChI=1S/C12H12BrNOS/c1-8-2-3-14-6-11(8)12(15)5-10-4-9(13)7-16-10/h2-4,6-7,12,15H,5H2,1H3. The minimum Gasteiger partial charge on any atom is -0.388 e. The lowest BCUT2D eigenvalue weighted by Crippen LogP contribution is -2.03. The molecule has 0 spiro atoms. The summed E-state index contributed by atoms with van der Waals surface area (Å²) >= 11 is 5.06. The van der Waals surface area contributed by atoms with Gasteiger partial charge in [-0.1, -0.05) is 0 Å². The van der Waals surface area contributed by atoms with Gasteiger partial charge in [0.25, 0.3) is 0 Å². The summed E-state index contributed by atoms with van der Waals surface area (Å²) in [6.07, 6.45) is 3.65. The second-order valence-electron chi connectivity index (χ2n) is 3.68. The zero-order valence-electron chi connectivity index (χ0n) is 8.85. The Morgan fingerprint density at radius 1 is 1.56 bits per heavy atom. The number of aryl methyl sites for hydroxylation is 1. The van der Waals surface area contributed by atoms with Crippen molar-refractivity contribution in [1.82, 2.24) is 4.98 Å². The van der Waals surface area contributed by atoms with Gasteiger partial charge in [-0.25, -0.2) is 0 Å². The maximum absolute atomic E-state index is 10.1. The Morgan fingerprint density at radius 2 is 2.38 bits per heavy atom. The van der Waals surface area contributed by atoms with Crippen LogP contribution in [0.15, 0.2) is 34.4 Å². The summed E-state index contributed by atoms with van der Waals surface area (Å²) in [5.41, 5.74) is 1.99. The molecule has 0 aliphatic heterocycles. The van der Waals surface area contributed by atoms with Gasteiger partial charge in [-0.3, -0.25) is 4.98 Å². The summed E-state index contributed by atoms with van der Waals surface area (Å²) in [5.74, 6) is 0. The van der Waals surface area contributed by atoms with E-state index < -0.39 is 6.10 Å². The molecule has 2 nitrogen and oxygen atoms in total. The number of thiophene rings is 1. The minimum atomic E-state index is -0.473. The molecule has 2 rings (SSSR count). The second kappa shape index (κ2) is 5.08. The van der Waals surface area contributed by atoms with E-state index in [1.165, 1.54) is 4.88 Å². The maximum atomic E-state index is 10.1. The van der Waals surface area contributed by atoms with Gasteiger partial charge in [0.15, 0.2) is 0 Å². The monoisotopic (exact) mass is 297 g/mol. The second-order valence-corrected chi connectivity index (χ2v) is 5.59. The first-order valence-electron chi connectivity index (χ1n) is 4.98. The van der Waals surface area contributed by atoms with Crippen molar-refractivity contribution < 1.29 is 5.11 Å². The van der Waals surface area contributed by atoms with E-state index in [0.717, 1.165) is 15.6 Å². The molecule has 1 unspecified atom stereocenters. The molecule has 0 radical (unpaired) electrons. The summed E-state index contributed by atoms with van der Waals surface area (Å²) in [5, 5.41) is 12.1. The molecule has 0 aliphatic rings. The summed E-state index contributed by atoms with van der Waals surface area (Å²) in [7, 11) is 0. The Bertz CT molecular complexity index is 483. The summed E-state index contributed by atoms with van der Waals surface area (Å²) < 4.78 is 1.07. The third kappa shape index (κ3) is 2.70. The molecule has 0 bridgehead atoms. The molecule has 1 atom stereocenters. The van der Waals surface area contributed by atoms with Crippen molar-refractivity contribution in [2.45, 2.75) is 19.4 Å². The number of aliphatic hydroxyl groups excluding tert-OH is 1. The number of rotatable bonds is 3. The van der Waals surface area contributed by atoms with Gasteiger partial charge in [0.05, 0.1) is 6.10 Å². The Kier molecular flexibility index (Phi) is 3.74. The summed E-state index contributed by atoms with van der Waals surface area (Å²) in [6, 6.07) is 3.96. The molecule has 2 aromatic heterocycles. The van der Waals surface area contributed by atoms with Crippen LogP contribution in [0.2, 0.25) is 0 Å². The number of hydrogen-bond acceptors (Lipinski definition) is 3. The SMILES string of the molecule is Cc1ccncc1C(O)Cc1cc(Br)cs1. The van der Waals surface area contributed by atoms with Crippen LogP contribution in [0.25, 0.3) is 0 Å². The zero-order chi connectivity index (χ0) is 11.5. The fourth-order valence-electron chi connectivity index (χ4n) is 1.59. The van der Waals surface area contributed by atoms with E-state index in [-0.39, 0.29) is 0 Å². The molecule has 1 N–H and O–H groups in total. The van der Waals surface area contributed by atoms with Crippen LogP contribution in [0.5, 0.6) is 0 Å². The third-order valence-electron chi connectivity index (χ3n) is 2.45. The van der Waals surface area contributed by atoms with Crippen molar-refractivity contribution in [3.63, 3.8) is 0 Å². The van der Waals surface area contributed by atoms with Crippen LogP contribution in [-0.4, -0.2) is 10.1 Å². The number of halogens is 1. The smallest absolute Gasteiger partial charge is 0.0855 e. The Morgan fingerprint density at radius 3 is 3.00 bits per heavy atom. The largest absolute Gasteiger partial charge is 0.388 e. The van der Waals surface area contributed by atoms with Gasteiger partial charge in [-0.2, -0.15) is 0 Å². The normalized spacial score (nSPS) is 12.7. The molecule has 4 heteroatoms. The molecular weight excluding hydrogens is 286 g/mol. The lowest BCUT2D eigenvalue weighted by molar-refractivity contribution is 0.178. The third-order valence-corrected chi connectivity index (χ3v) is 4.17. The number of hydrogen-bond donors (Lipinski definition) is 1. The van der Waals surface area contributed by atoms with Gasteiger partial charge in [0.2, 0.25) is 0 Å². The van der Waals surface area contributed by atoms with E-state index in [0.29, 0.717) is 6.42 Å². The average molecular weight is 298 g/mol. The highest BCUT2D eigenvalue weighted by atomic mass is 79.9. The number of aliphatic hydroxyl groups is 1. The van der Waals surface area contributed by atoms with Gasteiger partial charge in [-0.05, 0) is 40.5 Å². The Balaban J connectivity index is 2.14. The minimum absolute atomic E-state index is 0.473. The lowest BCUT2D eigenvalue weighted by atomic mass is 10.0. The molecule has 2 heterocycles. The van der Waals surface area contributed by atoms with Crippen molar-refractivity contribution in [1.29, 1.82) is 0 Å². The van der Waals surface area contributed by atoms with Crippen LogP contribution < -0.4 is 0 Å². The van der Waals surface area contributed by atoms with Gasteiger partial charge in [-0.15, -0.1) is 11.3 Å². The van der Waals surface area contributed by atoms with Crippen molar-refractivity contribution in [2.24, 2.45) is 0 Å². The molecular formula is C12H12BrNOS. The van der Waals surface area contributed by atoms with Crippen LogP contribution in [-0.2, 0) is 6.42 Å². The first kappa shape index (κ1) is 11.8. The average Bonchev–Trinajstić information content (AvgIpc) is 2.64. The molecule has 0 fully saturated rings. The number of aromatic nitrogens is 1. The highest BCUT2D eigenvalue weighted by molar-refractivity contribution is 9.10. The van der Waals surface area contributed by atoms with Crippen LogP contribution in [0.1, 0.15) is 22.1 Å². The van der Waals surface area contributed by atoms with E-state index in [9.17, 15) is 5.11 Å². The Hall–Kier alpha value is -0.710. The van der Waals surface area contributed by atoms with Gasteiger partial charge >= 0.3 is 0 Å². The van der Waals surface area contributed by atoms with Crippen molar-refractivity contribution in [2.75, 3.05) is 0 Å². The van der Waals surface area contributed by atoms with E-state index in [1.54, 1.807) is 23.7 Å². The molecule has 0 amide bonds. The molecule has 2 aromatic rings. The van der Waals surface area contributed by atoms with Crippen LogP contribution in [0.4, 0.5) is 0 Å². The molecule has 84 valence electrons. The molecule has 0 saturated heterocycles. The predicted octanol–water partition coefficient (Wildman–Crippen LogP) is 3.49. The first-order valence-corrected chi connectivity index (χ1v) is 6.65. The molecule has 16 heavy (non-hydrogen) atoms. The number of pyridine rings is 1. The van der Waals surface area contributed by atoms with Crippen LogP contribution in [0.3, 0.4) is 0 Å². The van der Waals surface area contributed by atoms with E-state index >= 15 is 0 Å². The highest BCUT2D eigenvalue weighted by Gasteiger charge is 2.12. The van der Waals surface area contributed by atoms with Crippen LogP contribution >= 0.6 is 27.3 Å². The fourth-order valence-corrected chi connectivity index (χ4v) is 3.08. The van der Waals surface area contributed by atoms with E-state index in [1.807, 2.05) is 24.4 Å². The van der Waals surface area contributed by atoms with Gasteiger partial charge in [0.1, 0.15) is 0 Å². The fraction of sp³-hybridized carbons (Fsp3) is 0.250. The number of nitrogens with zero attached hydrogens (tertiary/aromatic N) is 1. The predicted molar refractivity (Wildman–Crippen MR) is 69.7 cm³/mol. The quantitative estimate of drug-likeness (QED) is 0.941. The van der Waals surface area contributed by atoms with E-state index in [4.69, 9.17) is 0 Å². The summed E-state index contributed by atoms with van der Waals surface area (Å²) in [4.78, 5) is 5.22. The molecule has 0 aliphatic carbocycles. The zero-order valence-corrected chi connectivity index (χ0v) is 11.3. The van der Waals surface area contributed by atoms with Crippen LogP contribution in [0, 0.1) is 6.92 Å². The summed E-state index contributed by atoms with van der Waals surface area (Å²) in [6.45, 7) is 1.99. The Labute approximate surface area is 107 Å². The lowest BCUT2D eigenvalue weighted by Gasteiger charge is -2.11. The van der Waals surface area contributed by atoms with Crippen molar-refractivity contribution >= 4 is 27.3 Å².